The van der Waals surface area contributed by atoms with Crippen LogP contribution < -0.4 is 9.47 Å². The highest BCUT2D eigenvalue weighted by Crippen LogP contribution is 2.31. The van der Waals surface area contributed by atoms with Gasteiger partial charge in [0.1, 0.15) is 11.5 Å². The lowest BCUT2D eigenvalue weighted by Gasteiger charge is -2.30. The Morgan fingerprint density at radius 1 is 1.14 bits per heavy atom. The molecule has 0 aliphatic carbocycles. The van der Waals surface area contributed by atoms with Crippen LogP contribution in [0.3, 0.4) is 0 Å². The average molecular weight is 456 g/mol. The van der Waals surface area contributed by atoms with E-state index in [1.54, 1.807) is 26.7 Å². The molecule has 4 rings (SSSR count). The number of aromatic nitrogens is 2. The molecule has 0 bridgehead atoms. The molecule has 0 unspecified atom stereocenters. The number of amides is 1. The summed E-state index contributed by atoms with van der Waals surface area (Å²) in [5, 5.41) is 0. The second-order valence-electron chi connectivity index (χ2n) is 6.99. The molecule has 29 heavy (non-hydrogen) atoms. The first kappa shape index (κ1) is 19.5. The van der Waals surface area contributed by atoms with Gasteiger partial charge in [0.15, 0.2) is 0 Å². The third kappa shape index (κ3) is 4.00. The van der Waals surface area contributed by atoms with Crippen molar-refractivity contribution in [2.45, 2.75) is 19.5 Å². The van der Waals surface area contributed by atoms with E-state index >= 15 is 0 Å². The third-order valence-corrected chi connectivity index (χ3v) is 5.89. The predicted molar refractivity (Wildman–Crippen MR) is 113 cm³/mol. The van der Waals surface area contributed by atoms with Gasteiger partial charge in [-0.05, 0) is 41.8 Å². The van der Waals surface area contributed by atoms with E-state index in [4.69, 9.17) is 9.47 Å². The summed E-state index contributed by atoms with van der Waals surface area (Å²) in [5.74, 6) is 1.49. The van der Waals surface area contributed by atoms with Crippen molar-refractivity contribution in [1.82, 2.24) is 14.5 Å². The highest BCUT2D eigenvalue weighted by atomic mass is 79.9. The number of halogens is 1. The molecule has 2 heterocycles. The molecule has 0 atom stereocenters. The molecule has 6 nitrogen and oxygen atoms in total. The third-order valence-electron chi connectivity index (χ3n) is 5.18. The maximum absolute atomic E-state index is 13.3. The Hall–Kier alpha value is -2.80. The van der Waals surface area contributed by atoms with Gasteiger partial charge in [-0.2, -0.15) is 0 Å². The molecule has 1 aliphatic heterocycles. The fourth-order valence-electron chi connectivity index (χ4n) is 3.68. The lowest BCUT2D eigenvalue weighted by Crippen LogP contribution is -2.37. The minimum absolute atomic E-state index is 0.0392. The van der Waals surface area contributed by atoms with Crippen molar-refractivity contribution in [2.75, 3.05) is 20.8 Å². The Morgan fingerprint density at radius 2 is 2.00 bits per heavy atom. The van der Waals surface area contributed by atoms with Crippen LogP contribution in [0.2, 0.25) is 0 Å². The summed E-state index contributed by atoms with van der Waals surface area (Å²) in [6, 6.07) is 9.78. The van der Waals surface area contributed by atoms with Crippen LogP contribution in [0.1, 0.15) is 27.0 Å². The van der Waals surface area contributed by atoms with Crippen LogP contribution in [0.15, 0.2) is 53.5 Å². The van der Waals surface area contributed by atoms with Gasteiger partial charge in [0.25, 0.3) is 5.91 Å². The van der Waals surface area contributed by atoms with Gasteiger partial charge < -0.3 is 18.9 Å². The minimum Gasteiger partial charge on any atom is -0.497 e. The zero-order chi connectivity index (χ0) is 20.4. The molecular weight excluding hydrogens is 434 g/mol. The number of hydrogen-bond donors (Lipinski definition) is 0. The van der Waals surface area contributed by atoms with E-state index in [2.05, 4.69) is 27.0 Å². The van der Waals surface area contributed by atoms with E-state index in [1.165, 1.54) is 0 Å². The number of rotatable bonds is 6. The first-order chi connectivity index (χ1) is 14.1. The molecule has 0 fully saturated rings. The molecule has 2 aromatic carbocycles. The van der Waals surface area contributed by atoms with Crippen molar-refractivity contribution in [3.8, 4) is 11.5 Å². The molecular formula is C22H22BrN3O3. The Bertz CT molecular complexity index is 1030. The number of imidazole rings is 1. The Kier molecular flexibility index (Phi) is 5.58. The minimum atomic E-state index is 0.0392. The van der Waals surface area contributed by atoms with E-state index in [0.717, 1.165) is 44.6 Å². The summed E-state index contributed by atoms with van der Waals surface area (Å²) >= 11 is 3.66. The number of methoxy groups -OCH3 is 2. The number of ether oxygens (including phenoxy) is 2. The van der Waals surface area contributed by atoms with Gasteiger partial charge in [0.05, 0.1) is 20.5 Å². The van der Waals surface area contributed by atoms with Crippen molar-refractivity contribution < 1.29 is 14.3 Å². The number of carbonyl (C=O) groups excluding carboxylic acids is 1. The van der Waals surface area contributed by atoms with E-state index in [-0.39, 0.29) is 5.91 Å². The fraction of sp³-hybridized carbons (Fsp3) is 0.273. The van der Waals surface area contributed by atoms with Crippen LogP contribution in [0.25, 0.3) is 0 Å². The molecule has 3 aromatic rings. The van der Waals surface area contributed by atoms with Gasteiger partial charge in [-0.15, -0.1) is 0 Å². The largest absolute Gasteiger partial charge is 0.497 e. The topological polar surface area (TPSA) is 56.6 Å². The molecule has 7 heteroatoms. The highest BCUT2D eigenvalue weighted by Gasteiger charge is 2.27. The first-order valence-electron chi connectivity index (χ1n) is 9.36. The number of benzene rings is 2. The quantitative estimate of drug-likeness (QED) is 0.565. The Morgan fingerprint density at radius 3 is 2.72 bits per heavy atom. The summed E-state index contributed by atoms with van der Waals surface area (Å²) in [6.45, 7) is 1.83. The van der Waals surface area contributed by atoms with Crippen LogP contribution in [-0.2, 0) is 19.5 Å². The summed E-state index contributed by atoms with van der Waals surface area (Å²) < 4.78 is 13.7. The normalized spacial score (nSPS) is 13.3. The van der Waals surface area contributed by atoms with Crippen LogP contribution in [0, 0.1) is 0 Å². The monoisotopic (exact) mass is 455 g/mol. The molecule has 0 saturated heterocycles. The van der Waals surface area contributed by atoms with Crippen molar-refractivity contribution >= 4 is 21.8 Å². The molecule has 1 amide bonds. The standard InChI is InChI=1S/C22H22BrN3O3/c1-28-17-4-3-16(21(11-17)29-2)13-26-7-5-18-19(22(26)27)9-15(10-20(18)23)12-25-8-6-24-14-25/h3-4,6,8-11,14H,5,7,12-13H2,1-2H3. The maximum atomic E-state index is 13.3. The van der Waals surface area contributed by atoms with Crippen LogP contribution in [0.5, 0.6) is 11.5 Å². The van der Waals surface area contributed by atoms with Gasteiger partial charge in [-0.3, -0.25) is 4.79 Å². The van der Waals surface area contributed by atoms with Gasteiger partial charge >= 0.3 is 0 Å². The summed E-state index contributed by atoms with van der Waals surface area (Å²) in [4.78, 5) is 19.2. The van der Waals surface area contributed by atoms with E-state index in [9.17, 15) is 4.79 Å². The Labute approximate surface area is 178 Å². The fourth-order valence-corrected chi connectivity index (χ4v) is 4.38. The number of carbonyl (C=O) groups is 1. The van der Waals surface area contributed by atoms with Gasteiger partial charge in [0, 0.05) is 53.7 Å². The summed E-state index contributed by atoms with van der Waals surface area (Å²) in [5.41, 5.74) is 3.85. The van der Waals surface area contributed by atoms with Gasteiger partial charge in [-0.25, -0.2) is 4.98 Å². The molecule has 1 aliphatic rings. The second-order valence-corrected chi connectivity index (χ2v) is 7.85. The second kappa shape index (κ2) is 8.29. The highest BCUT2D eigenvalue weighted by molar-refractivity contribution is 9.10. The van der Waals surface area contributed by atoms with Crippen molar-refractivity contribution in [2.24, 2.45) is 0 Å². The summed E-state index contributed by atoms with van der Waals surface area (Å²) in [7, 11) is 3.25. The SMILES string of the molecule is COc1ccc(CN2CCc3c(Br)cc(Cn4ccnc4)cc3C2=O)c(OC)c1. The predicted octanol–water partition coefficient (Wildman–Crippen LogP) is 3.91. The van der Waals surface area contributed by atoms with Crippen molar-refractivity contribution in [3.63, 3.8) is 0 Å². The van der Waals surface area contributed by atoms with E-state index < -0.39 is 0 Å². The van der Waals surface area contributed by atoms with E-state index in [1.807, 2.05) is 39.9 Å². The van der Waals surface area contributed by atoms with Crippen LogP contribution >= 0.6 is 15.9 Å². The van der Waals surface area contributed by atoms with Crippen LogP contribution in [0.4, 0.5) is 0 Å². The lowest BCUT2D eigenvalue weighted by atomic mass is 9.96. The van der Waals surface area contributed by atoms with Gasteiger partial charge in [-0.1, -0.05) is 15.9 Å². The molecule has 0 N–H and O–H groups in total. The Balaban J connectivity index is 1.60. The molecule has 1 aromatic heterocycles. The van der Waals surface area contributed by atoms with E-state index in [0.29, 0.717) is 19.6 Å². The molecule has 0 radical (unpaired) electrons. The molecule has 0 saturated carbocycles. The smallest absolute Gasteiger partial charge is 0.254 e. The summed E-state index contributed by atoms with van der Waals surface area (Å²) in [6.07, 6.45) is 6.25. The van der Waals surface area contributed by atoms with Crippen molar-refractivity contribution in [1.29, 1.82) is 0 Å². The van der Waals surface area contributed by atoms with Crippen molar-refractivity contribution in [3.05, 3.63) is 75.8 Å². The molecule has 0 spiro atoms. The number of hydrogen-bond acceptors (Lipinski definition) is 4. The first-order valence-corrected chi connectivity index (χ1v) is 10.2. The lowest BCUT2D eigenvalue weighted by molar-refractivity contribution is 0.0725. The maximum Gasteiger partial charge on any atom is 0.254 e. The van der Waals surface area contributed by atoms with Gasteiger partial charge in [0.2, 0.25) is 0 Å². The average Bonchev–Trinajstić information content (AvgIpc) is 3.23. The zero-order valence-corrected chi connectivity index (χ0v) is 18.0. The molecule has 150 valence electrons. The van der Waals surface area contributed by atoms with Crippen LogP contribution in [-0.4, -0.2) is 41.1 Å². The number of nitrogens with zero attached hydrogens (tertiary/aromatic N) is 3. The zero-order valence-electron chi connectivity index (χ0n) is 16.4. The number of fused-ring (bicyclic) bond motifs is 1.